The van der Waals surface area contributed by atoms with Crippen LogP contribution in [0.15, 0.2) is 18.3 Å². The number of halogens is 3. The molecular formula is C24H28F3N7O2. The predicted molar refractivity (Wildman–Crippen MR) is 127 cm³/mol. The molecule has 5 rings (SSSR count). The standard InChI is InChI=1S/C24H28F3N7O2/c1-12-8-15(6-7-36-12)30-23-29-11-19-22(33-23)34(16-4-2-13(3-5-16)21(28)35)24(31-19)32-20-17(26)9-14(25)10-18(20)27/h9-13,15-16H,2-8H2,1H3,(H2,28,35)(H,31,32)(H,29,30,33)/t12-,13?,15-,16?/m1/s1. The van der Waals surface area contributed by atoms with Crippen molar-refractivity contribution in [3.8, 4) is 0 Å². The van der Waals surface area contributed by atoms with Crippen LogP contribution >= 0.6 is 0 Å². The van der Waals surface area contributed by atoms with E-state index in [-0.39, 0.29) is 36.0 Å². The van der Waals surface area contributed by atoms with E-state index < -0.39 is 23.1 Å². The second-order valence-corrected chi connectivity index (χ2v) is 9.53. The monoisotopic (exact) mass is 503 g/mol. The summed E-state index contributed by atoms with van der Waals surface area (Å²) in [5, 5.41) is 6.05. The normalized spacial score (nSPS) is 24.6. The number of nitrogens with zero attached hydrogens (tertiary/aromatic N) is 4. The number of carbonyl (C=O) groups excluding carboxylic acids is 1. The first-order valence-electron chi connectivity index (χ1n) is 12.1. The molecule has 36 heavy (non-hydrogen) atoms. The van der Waals surface area contributed by atoms with Crippen LogP contribution in [0.1, 0.15) is 51.5 Å². The minimum Gasteiger partial charge on any atom is -0.378 e. The fourth-order valence-electron chi connectivity index (χ4n) is 5.10. The van der Waals surface area contributed by atoms with Gasteiger partial charge in [0.2, 0.25) is 17.8 Å². The quantitative estimate of drug-likeness (QED) is 0.462. The average molecular weight is 504 g/mol. The van der Waals surface area contributed by atoms with Crippen LogP contribution < -0.4 is 16.4 Å². The Balaban J connectivity index is 1.51. The van der Waals surface area contributed by atoms with Gasteiger partial charge < -0.3 is 21.1 Å². The lowest BCUT2D eigenvalue weighted by Gasteiger charge is -2.29. The number of benzene rings is 1. The van der Waals surface area contributed by atoms with E-state index in [4.69, 9.17) is 15.5 Å². The van der Waals surface area contributed by atoms with Crippen molar-refractivity contribution in [2.24, 2.45) is 11.7 Å². The van der Waals surface area contributed by atoms with Gasteiger partial charge in [0.1, 0.15) is 17.0 Å². The van der Waals surface area contributed by atoms with Crippen LogP contribution in [0.2, 0.25) is 0 Å². The van der Waals surface area contributed by atoms with Crippen LogP contribution in [-0.2, 0) is 9.53 Å². The molecule has 3 heterocycles. The third kappa shape index (κ3) is 4.95. The SMILES string of the molecule is C[C@@H]1C[C@H](Nc2ncc3nc(Nc4c(F)cc(F)cc4F)n(C4CCC(C(N)=O)CC4)c3n2)CCO1. The number of nitrogens with two attached hydrogens (primary N) is 1. The summed E-state index contributed by atoms with van der Waals surface area (Å²) in [4.78, 5) is 25.3. The van der Waals surface area contributed by atoms with Crippen LogP contribution in [0.5, 0.6) is 0 Å². The van der Waals surface area contributed by atoms with Crippen molar-refractivity contribution in [3.63, 3.8) is 0 Å². The van der Waals surface area contributed by atoms with Crippen LogP contribution in [0.25, 0.3) is 11.2 Å². The summed E-state index contributed by atoms with van der Waals surface area (Å²) in [6.07, 6.45) is 5.68. The molecule has 1 aromatic carbocycles. The first kappa shape index (κ1) is 24.3. The highest BCUT2D eigenvalue weighted by atomic mass is 19.1. The number of amides is 1. The highest BCUT2D eigenvalue weighted by Gasteiger charge is 2.30. The number of anilines is 3. The molecule has 1 amide bonds. The smallest absolute Gasteiger partial charge is 0.224 e. The summed E-state index contributed by atoms with van der Waals surface area (Å²) in [5.41, 5.74) is 5.90. The van der Waals surface area contributed by atoms with Crippen molar-refractivity contribution in [2.45, 2.75) is 63.6 Å². The fraction of sp³-hybridized carbons (Fsp3) is 0.500. The zero-order valence-corrected chi connectivity index (χ0v) is 19.8. The van der Waals surface area contributed by atoms with Crippen LogP contribution in [0.3, 0.4) is 0 Å². The summed E-state index contributed by atoms with van der Waals surface area (Å²) in [7, 11) is 0. The van der Waals surface area contributed by atoms with Gasteiger partial charge in [-0.3, -0.25) is 9.36 Å². The van der Waals surface area contributed by atoms with E-state index in [0.29, 0.717) is 61.5 Å². The Morgan fingerprint density at radius 2 is 1.83 bits per heavy atom. The molecule has 2 aliphatic rings. The number of nitrogens with one attached hydrogen (secondary N) is 2. The maximum absolute atomic E-state index is 14.4. The average Bonchev–Trinajstić information content (AvgIpc) is 3.18. The molecule has 0 radical (unpaired) electrons. The lowest BCUT2D eigenvalue weighted by Crippen LogP contribution is -2.33. The first-order chi connectivity index (χ1) is 17.3. The highest BCUT2D eigenvalue weighted by molar-refractivity contribution is 5.78. The number of carbonyl (C=O) groups is 1. The van der Waals surface area contributed by atoms with Gasteiger partial charge in [0.25, 0.3) is 0 Å². The van der Waals surface area contributed by atoms with Gasteiger partial charge in [0.15, 0.2) is 17.3 Å². The molecule has 1 aliphatic heterocycles. The molecular weight excluding hydrogens is 475 g/mol. The molecule has 0 unspecified atom stereocenters. The molecule has 0 spiro atoms. The van der Waals surface area contributed by atoms with Crippen molar-refractivity contribution in [2.75, 3.05) is 17.2 Å². The van der Waals surface area contributed by atoms with E-state index in [0.717, 1.165) is 12.8 Å². The summed E-state index contributed by atoms with van der Waals surface area (Å²) in [6, 6.07) is 1.21. The Morgan fingerprint density at radius 1 is 1.11 bits per heavy atom. The van der Waals surface area contributed by atoms with Crippen LogP contribution in [0, 0.1) is 23.4 Å². The third-order valence-corrected chi connectivity index (χ3v) is 6.96. The molecule has 4 N–H and O–H groups in total. The number of imidazole rings is 1. The van der Waals surface area contributed by atoms with Crippen LogP contribution in [-0.4, -0.2) is 44.2 Å². The van der Waals surface area contributed by atoms with Crippen molar-refractivity contribution < 1.29 is 22.7 Å². The maximum Gasteiger partial charge on any atom is 0.224 e. The minimum absolute atomic E-state index is 0.127. The molecule has 12 heteroatoms. The lowest BCUT2D eigenvalue weighted by molar-refractivity contribution is -0.122. The van der Waals surface area contributed by atoms with E-state index in [9.17, 15) is 18.0 Å². The molecule has 3 aromatic rings. The topological polar surface area (TPSA) is 120 Å². The summed E-state index contributed by atoms with van der Waals surface area (Å²) < 4.78 is 49.7. The number of fused-ring (bicyclic) bond motifs is 1. The molecule has 1 aliphatic carbocycles. The van der Waals surface area contributed by atoms with Crippen molar-refractivity contribution in [1.82, 2.24) is 19.5 Å². The zero-order chi connectivity index (χ0) is 25.4. The zero-order valence-electron chi connectivity index (χ0n) is 19.8. The Morgan fingerprint density at radius 3 is 2.50 bits per heavy atom. The number of aromatic nitrogens is 4. The Hall–Kier alpha value is -3.41. The van der Waals surface area contributed by atoms with Gasteiger partial charge in [-0.15, -0.1) is 0 Å². The van der Waals surface area contributed by atoms with E-state index in [1.807, 2.05) is 6.92 Å². The van der Waals surface area contributed by atoms with Crippen molar-refractivity contribution in [1.29, 1.82) is 0 Å². The Bertz CT molecular complexity index is 1250. The Labute approximate surface area is 205 Å². The third-order valence-electron chi connectivity index (χ3n) is 6.96. The van der Waals surface area contributed by atoms with Gasteiger partial charge in [-0.1, -0.05) is 0 Å². The number of hydrogen-bond donors (Lipinski definition) is 3. The first-order valence-corrected chi connectivity index (χ1v) is 12.1. The second-order valence-electron chi connectivity index (χ2n) is 9.53. The number of rotatable bonds is 6. The highest BCUT2D eigenvalue weighted by Crippen LogP contribution is 2.37. The van der Waals surface area contributed by atoms with Crippen molar-refractivity contribution >= 4 is 34.7 Å². The van der Waals surface area contributed by atoms with E-state index in [2.05, 4.69) is 20.6 Å². The van der Waals surface area contributed by atoms with E-state index in [1.54, 1.807) is 10.8 Å². The molecule has 192 valence electrons. The van der Waals surface area contributed by atoms with E-state index in [1.165, 1.54) is 0 Å². The van der Waals surface area contributed by atoms with Crippen LogP contribution in [0.4, 0.5) is 30.8 Å². The van der Waals surface area contributed by atoms with Gasteiger partial charge in [-0.05, 0) is 45.4 Å². The molecule has 1 saturated heterocycles. The van der Waals surface area contributed by atoms with Gasteiger partial charge in [0, 0.05) is 36.7 Å². The van der Waals surface area contributed by atoms with Gasteiger partial charge in [-0.25, -0.2) is 23.1 Å². The molecule has 2 aromatic heterocycles. The summed E-state index contributed by atoms with van der Waals surface area (Å²) in [6.45, 7) is 2.66. The number of hydrogen-bond acceptors (Lipinski definition) is 7. The number of primary amides is 1. The minimum atomic E-state index is -1.08. The molecule has 1 saturated carbocycles. The molecule has 2 fully saturated rings. The van der Waals surface area contributed by atoms with Gasteiger partial charge in [0.05, 0.1) is 12.3 Å². The molecule has 9 nitrogen and oxygen atoms in total. The van der Waals surface area contributed by atoms with Gasteiger partial charge >= 0.3 is 0 Å². The summed E-state index contributed by atoms with van der Waals surface area (Å²) >= 11 is 0. The van der Waals surface area contributed by atoms with E-state index >= 15 is 0 Å². The predicted octanol–water partition coefficient (Wildman–Crippen LogP) is 4.18. The lowest BCUT2D eigenvalue weighted by atomic mass is 9.85. The summed E-state index contributed by atoms with van der Waals surface area (Å²) in [5.74, 6) is -3.16. The molecule has 0 bridgehead atoms. The second kappa shape index (κ2) is 9.92. The maximum atomic E-state index is 14.4. The molecule has 2 atom stereocenters. The fourth-order valence-corrected chi connectivity index (χ4v) is 5.10. The Kier molecular flexibility index (Phi) is 6.69. The number of ether oxygens (including phenoxy) is 1. The van der Waals surface area contributed by atoms with Gasteiger partial charge in [-0.2, -0.15) is 4.98 Å². The van der Waals surface area contributed by atoms with Crippen molar-refractivity contribution in [3.05, 3.63) is 35.8 Å². The largest absolute Gasteiger partial charge is 0.378 e.